The van der Waals surface area contributed by atoms with Crippen molar-refractivity contribution in [2.45, 2.75) is 0 Å². The maximum absolute atomic E-state index is 11.6. The van der Waals surface area contributed by atoms with Crippen molar-refractivity contribution in [1.82, 2.24) is 0 Å². The summed E-state index contributed by atoms with van der Waals surface area (Å²) >= 11 is 0. The Kier molecular flexibility index (Phi) is 10.5. The summed E-state index contributed by atoms with van der Waals surface area (Å²) in [7, 11) is 0. The molecule has 6 rings (SSSR count). The van der Waals surface area contributed by atoms with E-state index in [1.807, 2.05) is 18.2 Å². The summed E-state index contributed by atoms with van der Waals surface area (Å²) in [4.78, 5) is 32.0. The number of benzene rings is 6. The first-order valence-electron chi connectivity index (χ1n) is 12.4. The number of hydrogen-bond acceptors (Lipinski definition) is 6. The number of rotatable bonds is 3. The molecule has 0 spiro atoms. The van der Waals surface area contributed by atoms with Crippen LogP contribution in [0.1, 0.15) is 31.1 Å². The zero-order chi connectivity index (χ0) is 30.4. The van der Waals surface area contributed by atoms with Crippen LogP contribution < -0.4 is 15.3 Å². The Morgan fingerprint density at radius 1 is 0.395 bits per heavy atom. The van der Waals surface area contributed by atoms with Gasteiger partial charge in [-0.15, -0.1) is 0 Å². The molecule has 9 nitrogen and oxygen atoms in total. The second-order valence-corrected chi connectivity index (χ2v) is 8.91. The van der Waals surface area contributed by atoms with Crippen LogP contribution in [-0.4, -0.2) is 33.2 Å². The minimum absolute atomic E-state index is 0. The van der Waals surface area contributed by atoms with Gasteiger partial charge in [0.25, 0.3) is 0 Å². The van der Waals surface area contributed by atoms with Gasteiger partial charge in [-0.1, -0.05) is 108 Å². The van der Waals surface area contributed by atoms with Crippen molar-refractivity contribution in [3.8, 4) is 17.2 Å². The van der Waals surface area contributed by atoms with Crippen molar-refractivity contribution in [1.29, 1.82) is 0 Å². The fraction of sp³-hybridized carbons (Fsp3) is 0. The Bertz CT molecular complexity index is 1740. The Labute approximate surface area is 260 Å². The van der Waals surface area contributed by atoms with Crippen molar-refractivity contribution < 1.29 is 67.4 Å². The summed E-state index contributed by atoms with van der Waals surface area (Å²) in [5, 5.41) is 64.6. The Morgan fingerprint density at radius 2 is 0.628 bits per heavy atom. The van der Waals surface area contributed by atoms with Gasteiger partial charge in [0.1, 0.15) is 0 Å². The molecule has 43 heavy (non-hydrogen) atoms. The molecule has 218 valence electrons. The Morgan fingerprint density at radius 3 is 0.860 bits per heavy atom. The molecule has 10 heteroatoms. The first kappa shape index (κ1) is 32.2. The molecule has 0 aliphatic rings. The molecule has 0 saturated carbocycles. The summed E-state index contributed by atoms with van der Waals surface area (Å²) in [5.41, 5.74) is -0.531. The number of carboxylic acid groups (broad SMARTS) is 3. The zero-order valence-corrected chi connectivity index (χ0v) is 24.2. The number of carboxylic acids is 3. The van der Waals surface area contributed by atoms with E-state index in [2.05, 4.69) is 0 Å². The van der Waals surface area contributed by atoms with E-state index in [1.54, 1.807) is 72.8 Å². The fourth-order valence-corrected chi connectivity index (χ4v) is 4.23. The van der Waals surface area contributed by atoms with Gasteiger partial charge in [0.05, 0.1) is 16.7 Å². The van der Waals surface area contributed by atoms with E-state index in [9.17, 15) is 29.7 Å². The smallest absolute Gasteiger partial charge is 0.871 e. The molecule has 0 fully saturated rings. The average Bonchev–Trinajstić information content (AvgIpc) is 2.98. The van der Waals surface area contributed by atoms with Gasteiger partial charge in [-0.3, -0.25) is 0 Å². The van der Waals surface area contributed by atoms with Gasteiger partial charge in [0.15, 0.2) is 0 Å². The van der Waals surface area contributed by atoms with E-state index in [1.165, 1.54) is 18.2 Å². The maximum Gasteiger partial charge on any atom is 3.00 e. The monoisotopic (exact) mass is 758 g/mol. The van der Waals surface area contributed by atoms with Gasteiger partial charge in [-0.05, 0) is 50.5 Å². The standard InChI is InChI=1S/3C11H8O3.Au/c3*12-10-8-4-2-1-3-7(8)5-6-9(10)11(13)14;/h3*1-6,12H,(H,13,14);/q;;;+3/p-3. The van der Waals surface area contributed by atoms with Crippen LogP contribution in [0.3, 0.4) is 0 Å². The quantitative estimate of drug-likeness (QED) is 0.213. The largest absolute Gasteiger partial charge is 3.00 e. The third-order valence-electron chi connectivity index (χ3n) is 6.33. The van der Waals surface area contributed by atoms with E-state index in [0.29, 0.717) is 16.2 Å². The molecule has 0 amide bonds. The van der Waals surface area contributed by atoms with Gasteiger partial charge < -0.3 is 30.6 Å². The second-order valence-electron chi connectivity index (χ2n) is 8.91. The maximum atomic E-state index is 11.6. The molecular formula is C33H21AuO9. The van der Waals surface area contributed by atoms with Gasteiger partial charge >= 0.3 is 40.3 Å². The molecule has 0 aliphatic heterocycles. The van der Waals surface area contributed by atoms with E-state index in [0.717, 1.165) is 16.2 Å². The Hall–Kier alpha value is -5.35. The molecule has 0 saturated heterocycles. The second kappa shape index (κ2) is 14.0. The first-order chi connectivity index (χ1) is 20.1. The minimum atomic E-state index is -1.18. The van der Waals surface area contributed by atoms with Gasteiger partial charge in [-0.2, -0.15) is 0 Å². The van der Waals surface area contributed by atoms with Crippen molar-refractivity contribution in [3.63, 3.8) is 0 Å². The Balaban J connectivity index is 0.000000175. The third-order valence-corrected chi connectivity index (χ3v) is 6.33. The van der Waals surface area contributed by atoms with E-state index >= 15 is 0 Å². The van der Waals surface area contributed by atoms with Crippen LogP contribution in [0.2, 0.25) is 0 Å². The summed E-state index contributed by atoms with van der Waals surface area (Å²) in [5.74, 6) is -4.80. The van der Waals surface area contributed by atoms with E-state index in [4.69, 9.17) is 15.3 Å². The molecule has 0 aliphatic carbocycles. The molecule has 0 aromatic heterocycles. The van der Waals surface area contributed by atoms with Crippen molar-refractivity contribution in [2.24, 2.45) is 0 Å². The fourth-order valence-electron chi connectivity index (χ4n) is 4.23. The molecule has 6 aromatic carbocycles. The molecular weight excluding hydrogens is 737 g/mol. The van der Waals surface area contributed by atoms with Crippen molar-refractivity contribution in [2.75, 3.05) is 0 Å². The normalized spacial score (nSPS) is 10.0. The van der Waals surface area contributed by atoms with Crippen molar-refractivity contribution >= 4 is 50.2 Å². The summed E-state index contributed by atoms with van der Waals surface area (Å²) < 4.78 is 0. The molecule has 0 bridgehead atoms. The number of aromatic carboxylic acids is 3. The van der Waals surface area contributed by atoms with Crippen molar-refractivity contribution in [3.05, 3.63) is 126 Å². The molecule has 6 aromatic rings. The van der Waals surface area contributed by atoms with E-state index in [-0.39, 0.29) is 39.1 Å². The molecule has 3 N–H and O–H groups in total. The van der Waals surface area contributed by atoms with Gasteiger partial charge in [0.2, 0.25) is 0 Å². The van der Waals surface area contributed by atoms with Crippen LogP contribution in [-0.2, 0) is 22.4 Å². The van der Waals surface area contributed by atoms with Gasteiger partial charge in [-0.25, -0.2) is 14.4 Å². The van der Waals surface area contributed by atoms with Gasteiger partial charge in [0, 0.05) is 0 Å². The first-order valence-corrected chi connectivity index (χ1v) is 12.4. The average molecular weight is 758 g/mol. The third kappa shape index (κ3) is 7.11. The van der Waals surface area contributed by atoms with Crippen LogP contribution >= 0.6 is 0 Å². The number of hydrogen-bond donors (Lipinski definition) is 3. The van der Waals surface area contributed by atoms with Crippen LogP contribution in [0, 0.1) is 0 Å². The number of fused-ring (bicyclic) bond motifs is 3. The van der Waals surface area contributed by atoms with Crippen LogP contribution in [0.5, 0.6) is 17.2 Å². The van der Waals surface area contributed by atoms with Crippen LogP contribution in [0.15, 0.2) is 109 Å². The van der Waals surface area contributed by atoms with E-state index < -0.39 is 35.2 Å². The summed E-state index contributed by atoms with van der Waals surface area (Å²) in [6, 6.07) is 29.7. The summed E-state index contributed by atoms with van der Waals surface area (Å²) in [6.07, 6.45) is 0. The predicted octanol–water partition coefficient (Wildman–Crippen LogP) is 4.83. The predicted molar refractivity (Wildman–Crippen MR) is 151 cm³/mol. The summed E-state index contributed by atoms with van der Waals surface area (Å²) in [6.45, 7) is 0. The topological polar surface area (TPSA) is 181 Å². The molecule has 0 radical (unpaired) electrons. The van der Waals surface area contributed by atoms with Crippen LogP contribution in [0.25, 0.3) is 32.3 Å². The minimum Gasteiger partial charge on any atom is -0.871 e. The molecule has 0 atom stereocenters. The van der Waals surface area contributed by atoms with Crippen LogP contribution in [0.4, 0.5) is 0 Å². The zero-order valence-electron chi connectivity index (χ0n) is 22.0. The molecule has 0 heterocycles. The number of carbonyl (C=O) groups is 3. The SMILES string of the molecule is O=C(O)c1ccc2ccccc2c1[O-].O=C(O)c1ccc2ccccc2c1[O-].O=C(O)c1ccc2ccccc2c1[O-].[Au+3]. The molecule has 0 unspecified atom stereocenters.